The Bertz CT molecular complexity index is 2600. The number of aryl methyl sites for hydroxylation is 2. The number of nitrogens with one attached hydrogen (secondary N) is 5. The van der Waals surface area contributed by atoms with Gasteiger partial charge in [-0.05, 0) is 111 Å². The second kappa shape index (κ2) is 17.7. The Morgan fingerprint density at radius 1 is 0.859 bits per heavy atom. The molecule has 4 aromatic rings. The lowest BCUT2D eigenvalue weighted by molar-refractivity contribution is -0.136. The molecule has 4 atom stereocenters. The highest BCUT2D eigenvalue weighted by atomic mass is 35.5. The first-order valence-electron chi connectivity index (χ1n) is 22.8. The molecule has 1 unspecified atom stereocenters. The molecule has 1 aromatic heterocycles. The number of aromatic nitrogens is 2. The van der Waals surface area contributed by atoms with Gasteiger partial charge < -0.3 is 16.0 Å². The number of hydrogen-bond donors (Lipinski definition) is 5. The molecule has 4 heterocycles. The van der Waals surface area contributed by atoms with Crippen LogP contribution in [0.15, 0.2) is 59.4 Å². The molecule has 0 radical (unpaired) electrons. The van der Waals surface area contributed by atoms with Crippen LogP contribution in [0.5, 0.6) is 0 Å². The van der Waals surface area contributed by atoms with Crippen molar-refractivity contribution < 1.29 is 28.4 Å². The van der Waals surface area contributed by atoms with E-state index in [1.807, 2.05) is 24.3 Å². The van der Waals surface area contributed by atoms with Crippen LogP contribution in [0, 0.1) is 11.7 Å². The van der Waals surface area contributed by atoms with Gasteiger partial charge in [0.15, 0.2) is 0 Å². The van der Waals surface area contributed by atoms with E-state index < -0.39 is 40.7 Å². The van der Waals surface area contributed by atoms with Crippen molar-refractivity contribution in [3.63, 3.8) is 0 Å². The second-order valence-electron chi connectivity index (χ2n) is 18.5. The molecule has 338 valence electrons. The van der Waals surface area contributed by atoms with E-state index in [2.05, 4.69) is 26.6 Å². The zero-order valence-electron chi connectivity index (χ0n) is 35.9. The molecule has 4 fully saturated rings. The molecule has 9 rings (SSSR count). The van der Waals surface area contributed by atoms with Crippen molar-refractivity contribution in [2.24, 2.45) is 13.0 Å². The monoisotopic (exact) mass is 913 g/mol. The number of rotatable bonds is 11. The van der Waals surface area contributed by atoms with E-state index in [9.17, 15) is 28.8 Å². The van der Waals surface area contributed by atoms with Crippen LogP contribution >= 0.6 is 23.2 Å². The molecular formula is C48H54Cl2FN7O6. The Balaban J connectivity index is 0.797. The van der Waals surface area contributed by atoms with E-state index in [0.29, 0.717) is 66.9 Å². The Morgan fingerprint density at radius 2 is 1.64 bits per heavy atom. The first-order chi connectivity index (χ1) is 30.8. The van der Waals surface area contributed by atoms with Gasteiger partial charge in [0, 0.05) is 54.1 Å². The third-order valence-corrected chi connectivity index (χ3v) is 15.4. The molecule has 2 spiro atoms. The number of unbranched alkanes of at least 4 members (excludes halogenated alkanes) is 2. The first kappa shape index (κ1) is 44.2. The molecule has 2 saturated carbocycles. The standard InChI is InChI=1S/C48H54Cl2FN7O6/c1-57-37-25-27(12-19-35(37)58(46(57)64)36-20-21-38(59)55-43(36)61)9-4-2-7-24-52-42(60)28-13-16-30(17-14-28)53-44(62)41-39(31-10-8-11-33(50)40(31)51)48(47(56-41)22-5-3-6-23-47)32-18-15-29(49)26-34(32)54-45(48)63/h8,10-12,15,18-19,25-26,28,30,36,39,41,56H,2-7,9,13-14,16-17,20-24H2,1H3,(H,52,60)(H,53,62)(H,54,63)(H,55,59,61)/t28?,30?,36?,39-,41+,48+/m0/s1. The van der Waals surface area contributed by atoms with E-state index >= 15 is 4.39 Å². The van der Waals surface area contributed by atoms with Gasteiger partial charge in [-0.15, -0.1) is 0 Å². The van der Waals surface area contributed by atoms with Crippen LogP contribution in [-0.4, -0.2) is 62.8 Å². The fourth-order valence-electron chi connectivity index (χ4n) is 11.8. The molecule has 5 amide bonds. The molecule has 0 bridgehead atoms. The van der Waals surface area contributed by atoms with Crippen molar-refractivity contribution in [2.45, 2.75) is 131 Å². The topological polar surface area (TPSA) is 172 Å². The molecule has 2 aliphatic carbocycles. The van der Waals surface area contributed by atoms with Crippen LogP contribution < -0.4 is 32.3 Å². The largest absolute Gasteiger partial charge is 0.356 e. The predicted molar refractivity (Wildman–Crippen MR) is 242 cm³/mol. The van der Waals surface area contributed by atoms with Gasteiger partial charge in [0.05, 0.1) is 22.1 Å². The maximum atomic E-state index is 16.3. The normalized spacial score (nSPS) is 26.2. The van der Waals surface area contributed by atoms with Gasteiger partial charge in [0.1, 0.15) is 17.3 Å². The zero-order chi connectivity index (χ0) is 44.9. The highest BCUT2D eigenvalue weighted by Gasteiger charge is 2.72. The SMILES string of the molecule is Cn1c(=O)n(C2CCC(=O)NC2=O)c2ccc(CCCCCNC(=O)C3CCC(NC(=O)[C@@H]4NC5(CCCCC5)[C@@]5(C(=O)Nc6cc(Cl)ccc65)[C@H]4c4cccc(Cl)c4F)CC3)cc21. The quantitative estimate of drug-likeness (QED) is 0.0832. The van der Waals surface area contributed by atoms with Gasteiger partial charge in [-0.25, -0.2) is 9.18 Å². The van der Waals surface area contributed by atoms with E-state index in [0.717, 1.165) is 56.0 Å². The van der Waals surface area contributed by atoms with Crippen LogP contribution in [0.2, 0.25) is 10.0 Å². The Hall–Kier alpha value is -5.05. The van der Waals surface area contributed by atoms with E-state index in [4.69, 9.17) is 23.2 Å². The van der Waals surface area contributed by atoms with Gasteiger partial charge >= 0.3 is 5.69 Å². The smallest absolute Gasteiger partial charge is 0.329 e. The van der Waals surface area contributed by atoms with Gasteiger partial charge in [-0.2, -0.15) is 0 Å². The zero-order valence-corrected chi connectivity index (χ0v) is 37.4. The van der Waals surface area contributed by atoms with E-state index in [1.54, 1.807) is 35.9 Å². The van der Waals surface area contributed by atoms with Gasteiger partial charge in [0.25, 0.3) is 0 Å². The fraction of sp³-hybridized carbons (Fsp3) is 0.500. The summed E-state index contributed by atoms with van der Waals surface area (Å²) in [5, 5.41) is 15.9. The number of nitrogens with zero attached hydrogens (tertiary/aromatic N) is 2. The molecule has 5 N–H and O–H groups in total. The Kier molecular flexibility index (Phi) is 12.2. The second-order valence-corrected chi connectivity index (χ2v) is 19.3. The van der Waals surface area contributed by atoms with Crippen molar-refractivity contribution in [3.05, 3.63) is 97.6 Å². The maximum absolute atomic E-state index is 16.3. The van der Waals surface area contributed by atoms with Crippen LogP contribution in [0.4, 0.5) is 10.1 Å². The number of fused-ring (bicyclic) bond motifs is 4. The lowest BCUT2D eigenvalue weighted by Gasteiger charge is -2.47. The lowest BCUT2D eigenvalue weighted by atomic mass is 9.55. The molecular weight excluding hydrogens is 860 g/mol. The summed E-state index contributed by atoms with van der Waals surface area (Å²) in [6.45, 7) is 0.555. The highest BCUT2D eigenvalue weighted by Crippen LogP contribution is 2.63. The number of carbonyl (C=O) groups is 5. The van der Waals surface area contributed by atoms with Crippen LogP contribution in [-0.2, 0) is 42.9 Å². The number of anilines is 1. The van der Waals surface area contributed by atoms with Gasteiger partial charge in [-0.3, -0.25) is 43.7 Å². The van der Waals surface area contributed by atoms with Crippen molar-refractivity contribution in [1.29, 1.82) is 0 Å². The summed E-state index contributed by atoms with van der Waals surface area (Å²) in [7, 11) is 1.69. The summed E-state index contributed by atoms with van der Waals surface area (Å²) in [5.74, 6) is -3.08. The fourth-order valence-corrected chi connectivity index (χ4v) is 12.1. The number of benzene rings is 3. The molecule has 2 saturated heterocycles. The molecule has 3 aromatic carbocycles. The van der Waals surface area contributed by atoms with Gasteiger partial charge in [-0.1, -0.05) is 73.2 Å². The molecule has 64 heavy (non-hydrogen) atoms. The number of halogens is 3. The van der Waals surface area contributed by atoms with Crippen molar-refractivity contribution >= 4 is 69.5 Å². The molecule has 5 aliphatic rings. The summed E-state index contributed by atoms with van der Waals surface area (Å²) >= 11 is 12.8. The van der Waals surface area contributed by atoms with E-state index in [-0.39, 0.29) is 64.7 Å². The van der Waals surface area contributed by atoms with Crippen LogP contribution in [0.25, 0.3) is 11.0 Å². The summed E-state index contributed by atoms with van der Waals surface area (Å²) in [6.07, 6.45) is 10.3. The number of amides is 5. The Morgan fingerprint density at radius 3 is 2.41 bits per heavy atom. The summed E-state index contributed by atoms with van der Waals surface area (Å²) < 4.78 is 19.3. The lowest BCUT2D eigenvalue weighted by Crippen LogP contribution is -2.60. The third kappa shape index (κ3) is 7.62. The third-order valence-electron chi connectivity index (χ3n) is 14.9. The minimum absolute atomic E-state index is 0.0119. The van der Waals surface area contributed by atoms with Crippen molar-refractivity contribution in [2.75, 3.05) is 11.9 Å². The predicted octanol–water partition coefficient (Wildman–Crippen LogP) is 6.62. The summed E-state index contributed by atoms with van der Waals surface area (Å²) in [5.41, 5.74) is 1.53. The molecule has 13 nitrogen and oxygen atoms in total. The summed E-state index contributed by atoms with van der Waals surface area (Å²) in [6, 6.07) is 14.1. The van der Waals surface area contributed by atoms with E-state index in [1.165, 1.54) is 10.6 Å². The van der Waals surface area contributed by atoms with Crippen LogP contribution in [0.3, 0.4) is 0 Å². The van der Waals surface area contributed by atoms with Crippen LogP contribution in [0.1, 0.15) is 119 Å². The maximum Gasteiger partial charge on any atom is 0.329 e. The minimum Gasteiger partial charge on any atom is -0.356 e. The average Bonchev–Trinajstić information content (AvgIpc) is 3.83. The van der Waals surface area contributed by atoms with Crippen molar-refractivity contribution in [3.8, 4) is 0 Å². The van der Waals surface area contributed by atoms with Gasteiger partial charge in [0.2, 0.25) is 29.5 Å². The average molecular weight is 915 g/mol. The minimum atomic E-state index is -1.31. The Labute approximate surface area is 380 Å². The highest BCUT2D eigenvalue weighted by molar-refractivity contribution is 6.31. The summed E-state index contributed by atoms with van der Waals surface area (Å²) in [4.78, 5) is 79.9. The number of piperidine rings is 1. The molecule has 16 heteroatoms. The number of imide groups is 1. The number of imidazole rings is 1. The van der Waals surface area contributed by atoms with Crippen molar-refractivity contribution in [1.82, 2.24) is 30.4 Å². The first-order valence-corrected chi connectivity index (χ1v) is 23.5. The number of hydrogen-bond acceptors (Lipinski definition) is 7. The number of carbonyl (C=O) groups excluding carboxylic acids is 5. The molecule has 3 aliphatic heterocycles.